The molecule has 0 saturated carbocycles. The van der Waals surface area contributed by atoms with Gasteiger partial charge in [0.25, 0.3) is 0 Å². The fourth-order valence-corrected chi connectivity index (χ4v) is 2.39. The largest absolute Gasteiger partial charge is 0.398 e. The number of aryl methyl sites for hydroxylation is 1. The normalized spacial score (nSPS) is 12.3. The van der Waals surface area contributed by atoms with E-state index in [9.17, 15) is 0 Å². The fraction of sp³-hybridized carbons (Fsp3) is 0.250. The zero-order valence-corrected chi connectivity index (χ0v) is 11.0. The molecule has 2 heteroatoms. The van der Waals surface area contributed by atoms with Gasteiger partial charge in [-0.3, -0.25) is 0 Å². The van der Waals surface area contributed by atoms with Gasteiger partial charge in [-0.2, -0.15) is 0 Å². The number of hydrogen-bond donors (Lipinski definition) is 2. The minimum atomic E-state index is 0.338. The molecule has 0 aliphatic carbocycles. The Hall–Kier alpha value is -1.96. The molecule has 2 nitrogen and oxygen atoms in total. The minimum absolute atomic E-state index is 0.338. The highest BCUT2D eigenvalue weighted by Gasteiger charge is 2.15. The maximum absolute atomic E-state index is 6.12. The fourth-order valence-electron chi connectivity index (χ4n) is 2.39. The third kappa shape index (κ3) is 2.33. The van der Waals surface area contributed by atoms with Crippen molar-refractivity contribution in [3.8, 4) is 0 Å². The third-order valence-electron chi connectivity index (χ3n) is 3.46. The van der Waals surface area contributed by atoms with E-state index < -0.39 is 0 Å². The van der Waals surface area contributed by atoms with Crippen LogP contribution in [-0.2, 0) is 0 Å². The first-order valence-corrected chi connectivity index (χ1v) is 6.34. The third-order valence-corrected chi connectivity index (χ3v) is 3.46. The number of anilines is 2. The van der Waals surface area contributed by atoms with Crippen molar-refractivity contribution >= 4 is 11.4 Å². The van der Waals surface area contributed by atoms with Crippen molar-refractivity contribution in [1.82, 2.24) is 0 Å². The van der Waals surface area contributed by atoms with Crippen LogP contribution in [0.25, 0.3) is 0 Å². The molecule has 1 atom stereocenters. The van der Waals surface area contributed by atoms with Crippen molar-refractivity contribution < 1.29 is 0 Å². The Morgan fingerprint density at radius 3 is 2.28 bits per heavy atom. The minimum Gasteiger partial charge on any atom is -0.398 e. The van der Waals surface area contributed by atoms with Crippen LogP contribution in [-0.4, -0.2) is 0 Å². The van der Waals surface area contributed by atoms with Crippen molar-refractivity contribution in [2.24, 2.45) is 0 Å². The lowest BCUT2D eigenvalue weighted by Gasteiger charge is -2.19. The molecule has 0 aromatic heterocycles. The van der Waals surface area contributed by atoms with Gasteiger partial charge in [-0.25, -0.2) is 0 Å². The molecule has 18 heavy (non-hydrogen) atoms. The van der Waals surface area contributed by atoms with Crippen LogP contribution in [0.3, 0.4) is 0 Å². The molecule has 2 rings (SSSR count). The van der Waals surface area contributed by atoms with Crippen LogP contribution in [0.1, 0.15) is 36.0 Å². The summed E-state index contributed by atoms with van der Waals surface area (Å²) in [5.41, 5.74) is 17.1. The summed E-state index contributed by atoms with van der Waals surface area (Å²) in [7, 11) is 0. The number of nitrogen functional groups attached to an aromatic ring is 2. The van der Waals surface area contributed by atoms with Crippen LogP contribution in [0.2, 0.25) is 0 Å². The summed E-state index contributed by atoms with van der Waals surface area (Å²) in [6.45, 7) is 4.21. The van der Waals surface area contributed by atoms with Crippen LogP contribution in [0.15, 0.2) is 42.5 Å². The van der Waals surface area contributed by atoms with Crippen molar-refractivity contribution in [2.75, 3.05) is 11.5 Å². The molecule has 0 amide bonds. The summed E-state index contributed by atoms with van der Waals surface area (Å²) in [5.74, 6) is 0.338. The lowest BCUT2D eigenvalue weighted by atomic mass is 9.87. The molecule has 94 valence electrons. The second kappa shape index (κ2) is 5.13. The van der Waals surface area contributed by atoms with E-state index in [2.05, 4.69) is 37.3 Å². The van der Waals surface area contributed by atoms with Crippen LogP contribution >= 0.6 is 0 Å². The predicted octanol–water partition coefficient (Wildman–Crippen LogP) is 3.70. The quantitative estimate of drug-likeness (QED) is 0.804. The molecule has 2 aromatic carbocycles. The molecule has 0 fully saturated rings. The SMILES string of the molecule is CCC(c1ccccc1)c1cc(C)c(N)cc1N. The number of rotatable bonds is 3. The Labute approximate surface area is 109 Å². The van der Waals surface area contributed by atoms with Gasteiger partial charge in [0.1, 0.15) is 0 Å². The number of nitrogens with two attached hydrogens (primary N) is 2. The summed E-state index contributed by atoms with van der Waals surface area (Å²) in [6.07, 6.45) is 1.03. The summed E-state index contributed by atoms with van der Waals surface area (Å²) >= 11 is 0. The average molecular weight is 240 g/mol. The molecule has 0 heterocycles. The molecule has 0 saturated heterocycles. The molecule has 1 unspecified atom stereocenters. The number of benzene rings is 2. The molecular formula is C16H20N2. The molecule has 0 aliphatic rings. The number of hydrogen-bond acceptors (Lipinski definition) is 2. The van der Waals surface area contributed by atoms with Gasteiger partial charge in [0.15, 0.2) is 0 Å². The monoisotopic (exact) mass is 240 g/mol. The van der Waals surface area contributed by atoms with Crippen molar-refractivity contribution in [3.05, 3.63) is 59.2 Å². The second-order valence-corrected chi connectivity index (χ2v) is 4.71. The van der Waals surface area contributed by atoms with Crippen LogP contribution < -0.4 is 11.5 Å². The summed E-state index contributed by atoms with van der Waals surface area (Å²) in [6, 6.07) is 14.5. The lowest BCUT2D eigenvalue weighted by Crippen LogP contribution is -2.05. The first-order chi connectivity index (χ1) is 8.63. The molecule has 2 aromatic rings. The van der Waals surface area contributed by atoms with Crippen molar-refractivity contribution in [3.63, 3.8) is 0 Å². The van der Waals surface area contributed by atoms with Gasteiger partial charge >= 0.3 is 0 Å². The van der Waals surface area contributed by atoms with Gasteiger partial charge in [-0.05, 0) is 36.1 Å². The standard InChI is InChI=1S/C16H20N2/c1-3-13(12-7-5-4-6-8-12)14-9-11(2)15(17)10-16(14)18/h4-10,13H,3,17-18H2,1-2H3. The highest BCUT2D eigenvalue weighted by atomic mass is 14.6. The molecule has 0 bridgehead atoms. The first kappa shape index (κ1) is 12.5. The van der Waals surface area contributed by atoms with Gasteiger partial charge in [0.05, 0.1) is 0 Å². The Morgan fingerprint density at radius 2 is 1.67 bits per heavy atom. The topological polar surface area (TPSA) is 52.0 Å². The average Bonchev–Trinajstić information content (AvgIpc) is 2.38. The van der Waals surface area contributed by atoms with Gasteiger partial charge in [-0.1, -0.05) is 43.3 Å². The lowest BCUT2D eigenvalue weighted by molar-refractivity contribution is 0.779. The van der Waals surface area contributed by atoms with E-state index in [4.69, 9.17) is 11.5 Å². The predicted molar refractivity (Wildman–Crippen MR) is 78.6 cm³/mol. The van der Waals surface area contributed by atoms with E-state index in [0.717, 1.165) is 23.4 Å². The van der Waals surface area contributed by atoms with Gasteiger partial charge in [0.2, 0.25) is 0 Å². The van der Waals surface area contributed by atoms with Crippen molar-refractivity contribution in [1.29, 1.82) is 0 Å². The van der Waals surface area contributed by atoms with E-state index in [1.165, 1.54) is 11.1 Å². The Kier molecular flexibility index (Phi) is 3.56. The highest BCUT2D eigenvalue weighted by molar-refractivity contribution is 5.63. The smallest absolute Gasteiger partial charge is 0.0373 e. The van der Waals surface area contributed by atoms with Gasteiger partial charge in [0, 0.05) is 17.3 Å². The summed E-state index contributed by atoms with van der Waals surface area (Å²) < 4.78 is 0. The van der Waals surface area contributed by atoms with Crippen molar-refractivity contribution in [2.45, 2.75) is 26.2 Å². The van der Waals surface area contributed by atoms with Crippen LogP contribution in [0, 0.1) is 6.92 Å². The molecule has 0 radical (unpaired) electrons. The van der Waals surface area contributed by atoms with E-state index in [1.54, 1.807) is 0 Å². The molecule has 0 aliphatic heterocycles. The van der Waals surface area contributed by atoms with Gasteiger partial charge < -0.3 is 11.5 Å². The van der Waals surface area contributed by atoms with E-state index in [1.807, 2.05) is 19.1 Å². The molecule has 4 N–H and O–H groups in total. The Bertz CT molecular complexity index is 532. The van der Waals surface area contributed by atoms with E-state index >= 15 is 0 Å². The molecule has 0 spiro atoms. The summed E-state index contributed by atoms with van der Waals surface area (Å²) in [5, 5.41) is 0. The Morgan fingerprint density at radius 1 is 1.00 bits per heavy atom. The van der Waals surface area contributed by atoms with Crippen LogP contribution in [0.4, 0.5) is 11.4 Å². The Balaban J connectivity index is 2.49. The molecular weight excluding hydrogens is 220 g/mol. The maximum Gasteiger partial charge on any atom is 0.0373 e. The van der Waals surface area contributed by atoms with Gasteiger partial charge in [-0.15, -0.1) is 0 Å². The first-order valence-electron chi connectivity index (χ1n) is 6.34. The zero-order chi connectivity index (χ0) is 13.1. The highest BCUT2D eigenvalue weighted by Crippen LogP contribution is 2.33. The zero-order valence-electron chi connectivity index (χ0n) is 11.0. The summed E-state index contributed by atoms with van der Waals surface area (Å²) in [4.78, 5) is 0. The maximum atomic E-state index is 6.12. The van der Waals surface area contributed by atoms with E-state index in [-0.39, 0.29) is 0 Å². The second-order valence-electron chi connectivity index (χ2n) is 4.71. The van der Waals surface area contributed by atoms with Crippen LogP contribution in [0.5, 0.6) is 0 Å². The van der Waals surface area contributed by atoms with E-state index in [0.29, 0.717) is 5.92 Å².